The van der Waals surface area contributed by atoms with E-state index < -0.39 is 8.32 Å². The van der Waals surface area contributed by atoms with E-state index in [1.54, 1.807) is 0 Å². The third-order valence-electron chi connectivity index (χ3n) is 5.61. The summed E-state index contributed by atoms with van der Waals surface area (Å²) in [5.41, 5.74) is 0. The molecular formula is C24H43ClOSi. The molecule has 0 spiro atoms. The summed E-state index contributed by atoms with van der Waals surface area (Å²) in [5, 5.41) is 0.795. The molecule has 0 saturated heterocycles. The Morgan fingerprint density at radius 2 is 1.04 bits per heavy atom. The Labute approximate surface area is 175 Å². The maximum absolute atomic E-state index is 6.88. The maximum atomic E-state index is 6.88. The minimum atomic E-state index is -1.75. The standard InChI is InChI=1S/C24H43ClOSi/c1-4-7-10-13-20-27(21-14-11-8-5-2,22-15-12-9-6-3)26-24-18-16-23(25)17-19-24/h16-19H,4-15,20-22H2,1-3H3. The molecule has 0 heterocycles. The van der Waals surface area contributed by atoms with Crippen molar-refractivity contribution in [3.63, 3.8) is 0 Å². The van der Waals surface area contributed by atoms with Crippen molar-refractivity contribution in [1.82, 2.24) is 0 Å². The van der Waals surface area contributed by atoms with Crippen LogP contribution in [0.15, 0.2) is 24.3 Å². The number of rotatable bonds is 17. The Bertz CT molecular complexity index is 429. The third-order valence-corrected chi connectivity index (χ3v) is 10.3. The molecule has 0 aliphatic rings. The largest absolute Gasteiger partial charge is 0.543 e. The fourth-order valence-corrected chi connectivity index (χ4v) is 8.40. The molecule has 0 radical (unpaired) electrons. The fraction of sp³-hybridized carbons (Fsp3) is 0.750. The van der Waals surface area contributed by atoms with Crippen LogP contribution >= 0.6 is 11.6 Å². The molecule has 0 saturated carbocycles. The van der Waals surface area contributed by atoms with E-state index in [1.807, 2.05) is 12.1 Å². The number of halogens is 1. The molecule has 1 rings (SSSR count). The van der Waals surface area contributed by atoms with Crippen LogP contribution in [0.5, 0.6) is 5.75 Å². The SMILES string of the molecule is CCCCCC[Si](CCCCCC)(CCCCCC)Oc1ccc(Cl)cc1. The predicted octanol–water partition coefficient (Wildman–Crippen LogP) is 9.41. The zero-order chi connectivity index (χ0) is 19.8. The second-order valence-electron chi connectivity index (χ2n) is 8.17. The smallest absolute Gasteiger partial charge is 0.251 e. The highest BCUT2D eigenvalue weighted by molar-refractivity contribution is 6.74. The number of hydrogen-bond acceptors (Lipinski definition) is 1. The van der Waals surface area contributed by atoms with Crippen LogP contribution in [0.2, 0.25) is 23.2 Å². The van der Waals surface area contributed by atoms with Crippen LogP contribution in [-0.4, -0.2) is 8.32 Å². The summed E-state index contributed by atoms with van der Waals surface area (Å²) in [6.07, 6.45) is 16.1. The topological polar surface area (TPSA) is 9.23 Å². The van der Waals surface area contributed by atoms with Crippen LogP contribution in [0.25, 0.3) is 0 Å². The molecule has 0 aliphatic carbocycles. The van der Waals surface area contributed by atoms with E-state index in [2.05, 4.69) is 32.9 Å². The van der Waals surface area contributed by atoms with Gasteiger partial charge in [0.25, 0.3) is 8.32 Å². The zero-order valence-corrected chi connectivity index (χ0v) is 20.0. The van der Waals surface area contributed by atoms with Crippen LogP contribution in [0.3, 0.4) is 0 Å². The lowest BCUT2D eigenvalue weighted by Crippen LogP contribution is -2.41. The Hall–Kier alpha value is -0.473. The zero-order valence-electron chi connectivity index (χ0n) is 18.2. The van der Waals surface area contributed by atoms with E-state index in [9.17, 15) is 0 Å². The highest BCUT2D eigenvalue weighted by Gasteiger charge is 2.35. The monoisotopic (exact) mass is 410 g/mol. The van der Waals surface area contributed by atoms with Gasteiger partial charge in [-0.3, -0.25) is 0 Å². The molecule has 0 bridgehead atoms. The van der Waals surface area contributed by atoms with Gasteiger partial charge in [0.1, 0.15) is 5.75 Å². The molecule has 0 atom stereocenters. The summed E-state index contributed by atoms with van der Waals surface area (Å²) < 4.78 is 6.88. The molecule has 0 aromatic heterocycles. The summed E-state index contributed by atoms with van der Waals surface area (Å²) in [4.78, 5) is 0. The minimum Gasteiger partial charge on any atom is -0.543 e. The summed E-state index contributed by atoms with van der Waals surface area (Å²) in [5.74, 6) is 1.05. The van der Waals surface area contributed by atoms with Gasteiger partial charge in [-0.1, -0.05) is 109 Å². The fourth-order valence-electron chi connectivity index (χ4n) is 3.90. The lowest BCUT2D eigenvalue weighted by Gasteiger charge is -2.33. The van der Waals surface area contributed by atoms with Crippen LogP contribution in [0.4, 0.5) is 0 Å². The molecule has 3 heteroatoms. The van der Waals surface area contributed by atoms with E-state index in [1.165, 1.54) is 95.2 Å². The van der Waals surface area contributed by atoms with Crippen LogP contribution in [0, 0.1) is 0 Å². The number of unbranched alkanes of at least 4 members (excludes halogenated alkanes) is 9. The molecule has 0 aliphatic heterocycles. The summed E-state index contributed by atoms with van der Waals surface area (Å²) in [6.45, 7) is 6.89. The molecule has 0 N–H and O–H groups in total. The van der Waals surface area contributed by atoms with E-state index >= 15 is 0 Å². The molecule has 1 nitrogen and oxygen atoms in total. The van der Waals surface area contributed by atoms with Crippen LogP contribution < -0.4 is 4.43 Å². The quantitative estimate of drug-likeness (QED) is 0.183. The molecule has 27 heavy (non-hydrogen) atoms. The van der Waals surface area contributed by atoms with Gasteiger partial charge in [-0.15, -0.1) is 0 Å². The van der Waals surface area contributed by atoms with E-state index in [4.69, 9.17) is 16.0 Å². The highest BCUT2D eigenvalue weighted by atomic mass is 35.5. The van der Waals surface area contributed by atoms with Crippen molar-refractivity contribution in [1.29, 1.82) is 0 Å². The highest BCUT2D eigenvalue weighted by Crippen LogP contribution is 2.33. The number of hydrogen-bond donors (Lipinski definition) is 0. The first kappa shape index (κ1) is 24.6. The first-order chi connectivity index (χ1) is 13.2. The molecule has 156 valence electrons. The van der Waals surface area contributed by atoms with Gasteiger partial charge in [0, 0.05) is 5.02 Å². The van der Waals surface area contributed by atoms with Gasteiger partial charge in [-0.2, -0.15) is 0 Å². The average molecular weight is 411 g/mol. The third kappa shape index (κ3) is 11.2. The first-order valence-corrected chi connectivity index (χ1v) is 14.5. The van der Waals surface area contributed by atoms with Crippen LogP contribution in [-0.2, 0) is 0 Å². The van der Waals surface area contributed by atoms with Gasteiger partial charge < -0.3 is 4.43 Å². The van der Waals surface area contributed by atoms with Gasteiger partial charge in [-0.05, 0) is 42.4 Å². The van der Waals surface area contributed by atoms with Gasteiger partial charge >= 0.3 is 0 Å². The van der Waals surface area contributed by atoms with Crippen LogP contribution in [0.1, 0.15) is 97.8 Å². The molecule has 0 fully saturated rings. The van der Waals surface area contributed by atoms with Crippen molar-refractivity contribution in [3.8, 4) is 5.75 Å². The molecular weight excluding hydrogens is 368 g/mol. The lowest BCUT2D eigenvalue weighted by atomic mass is 10.2. The van der Waals surface area contributed by atoms with E-state index in [0.29, 0.717) is 0 Å². The Morgan fingerprint density at radius 3 is 1.41 bits per heavy atom. The second kappa shape index (κ2) is 15.4. The first-order valence-electron chi connectivity index (χ1n) is 11.6. The Kier molecular flexibility index (Phi) is 14.1. The van der Waals surface area contributed by atoms with Gasteiger partial charge in [-0.25, -0.2) is 0 Å². The number of benzene rings is 1. The second-order valence-corrected chi connectivity index (χ2v) is 12.7. The van der Waals surface area contributed by atoms with E-state index in [-0.39, 0.29) is 0 Å². The van der Waals surface area contributed by atoms with Gasteiger partial charge in [0.2, 0.25) is 0 Å². The molecule has 1 aromatic rings. The Morgan fingerprint density at radius 1 is 0.630 bits per heavy atom. The Balaban J connectivity index is 2.82. The lowest BCUT2D eigenvalue weighted by molar-refractivity contribution is 0.502. The maximum Gasteiger partial charge on any atom is 0.251 e. The summed E-state index contributed by atoms with van der Waals surface area (Å²) in [7, 11) is -1.75. The van der Waals surface area contributed by atoms with E-state index in [0.717, 1.165) is 10.8 Å². The minimum absolute atomic E-state index is 0.795. The predicted molar refractivity (Wildman–Crippen MR) is 125 cm³/mol. The van der Waals surface area contributed by atoms with Crippen molar-refractivity contribution in [2.24, 2.45) is 0 Å². The molecule has 0 amide bonds. The normalized spacial score (nSPS) is 11.7. The van der Waals surface area contributed by atoms with Crippen molar-refractivity contribution < 1.29 is 4.43 Å². The average Bonchev–Trinajstić information content (AvgIpc) is 2.68. The van der Waals surface area contributed by atoms with Crippen molar-refractivity contribution >= 4 is 19.9 Å². The summed E-state index contributed by atoms with van der Waals surface area (Å²) in [6, 6.07) is 12.1. The van der Waals surface area contributed by atoms with Crippen molar-refractivity contribution in [2.45, 2.75) is 116 Å². The molecule has 1 aromatic carbocycles. The van der Waals surface area contributed by atoms with Crippen molar-refractivity contribution in [3.05, 3.63) is 29.3 Å². The van der Waals surface area contributed by atoms with Gasteiger partial charge in [0.05, 0.1) is 0 Å². The van der Waals surface area contributed by atoms with Crippen molar-refractivity contribution in [2.75, 3.05) is 0 Å². The summed E-state index contributed by atoms with van der Waals surface area (Å²) >= 11 is 6.09. The van der Waals surface area contributed by atoms with Gasteiger partial charge in [0.15, 0.2) is 0 Å². The molecule has 0 unspecified atom stereocenters.